The number of pyridine rings is 1. The number of aromatic carboxylic acids is 1. The Morgan fingerprint density at radius 3 is 2.35 bits per heavy atom. The van der Waals surface area contributed by atoms with Gasteiger partial charge in [0.1, 0.15) is 16.9 Å². The minimum absolute atomic E-state index is 0.121. The first-order valence-electron chi connectivity index (χ1n) is 6.78. The predicted octanol–water partition coefficient (Wildman–Crippen LogP) is 2.89. The number of fused-ring (bicyclic) bond motifs is 1. The Morgan fingerprint density at radius 1 is 0.957 bits per heavy atom. The van der Waals surface area contributed by atoms with Crippen LogP contribution in [0.3, 0.4) is 0 Å². The molecule has 0 atom stereocenters. The van der Waals surface area contributed by atoms with E-state index in [4.69, 9.17) is 5.11 Å². The Hall–Kier alpha value is -3.41. The summed E-state index contributed by atoms with van der Waals surface area (Å²) in [6, 6.07) is 14.7. The van der Waals surface area contributed by atoms with Crippen molar-refractivity contribution in [3.05, 3.63) is 65.7 Å². The second kappa shape index (κ2) is 5.76. The molecule has 2 aromatic carbocycles. The van der Waals surface area contributed by atoms with Crippen molar-refractivity contribution in [2.75, 3.05) is 5.32 Å². The number of carbonyl (C=O) groups is 2. The van der Waals surface area contributed by atoms with Gasteiger partial charge in [-0.2, -0.15) is 0 Å². The molecule has 0 spiro atoms. The molecule has 3 aromatic rings. The summed E-state index contributed by atoms with van der Waals surface area (Å²) in [5.41, 5.74) is 0.352. The van der Waals surface area contributed by atoms with Gasteiger partial charge >= 0.3 is 5.97 Å². The molecule has 0 bridgehead atoms. The highest BCUT2D eigenvalue weighted by Gasteiger charge is 2.14. The standard InChI is InChI=1S/C17H12N2O4/c20-15-12(17(22)23)8-6-10-7-9-13(18-14(10)15)19-16(21)11-4-2-1-3-5-11/h1-9,20H,(H,22,23)(H,18,19,21). The molecular formula is C17H12N2O4. The van der Waals surface area contributed by atoms with E-state index in [1.165, 1.54) is 6.07 Å². The number of hydrogen-bond donors (Lipinski definition) is 3. The smallest absolute Gasteiger partial charge is 0.339 e. The number of benzene rings is 2. The third-order valence-corrected chi connectivity index (χ3v) is 3.34. The summed E-state index contributed by atoms with van der Waals surface area (Å²) in [5.74, 6) is -1.79. The number of rotatable bonds is 3. The van der Waals surface area contributed by atoms with Crippen molar-refractivity contribution in [2.45, 2.75) is 0 Å². The second-order valence-electron chi connectivity index (χ2n) is 4.86. The van der Waals surface area contributed by atoms with Gasteiger partial charge in [-0.3, -0.25) is 4.79 Å². The minimum atomic E-state index is -1.25. The van der Waals surface area contributed by atoms with Crippen molar-refractivity contribution in [1.29, 1.82) is 0 Å². The number of phenols is 1. The fraction of sp³-hybridized carbons (Fsp3) is 0. The Morgan fingerprint density at radius 2 is 1.65 bits per heavy atom. The molecule has 114 valence electrons. The van der Waals surface area contributed by atoms with Gasteiger partial charge in [-0.15, -0.1) is 0 Å². The van der Waals surface area contributed by atoms with Crippen LogP contribution in [0.2, 0.25) is 0 Å². The molecule has 23 heavy (non-hydrogen) atoms. The van der Waals surface area contributed by atoms with Crippen LogP contribution in [0, 0.1) is 0 Å². The molecule has 1 heterocycles. The average Bonchev–Trinajstić information content (AvgIpc) is 2.56. The normalized spacial score (nSPS) is 10.4. The molecule has 1 amide bonds. The number of aromatic nitrogens is 1. The molecule has 0 aliphatic heterocycles. The van der Waals surface area contributed by atoms with E-state index in [-0.39, 0.29) is 22.8 Å². The third kappa shape index (κ3) is 2.82. The Bertz CT molecular complexity index is 907. The van der Waals surface area contributed by atoms with Gasteiger partial charge in [0, 0.05) is 10.9 Å². The SMILES string of the molecule is O=C(Nc1ccc2ccc(C(=O)O)c(O)c2n1)c1ccccc1. The van der Waals surface area contributed by atoms with Gasteiger partial charge in [-0.25, -0.2) is 9.78 Å². The van der Waals surface area contributed by atoms with Crippen molar-refractivity contribution in [1.82, 2.24) is 4.98 Å². The Balaban J connectivity index is 1.98. The number of amides is 1. The van der Waals surface area contributed by atoms with Crippen LogP contribution in [0.15, 0.2) is 54.6 Å². The van der Waals surface area contributed by atoms with Crippen LogP contribution < -0.4 is 5.32 Å². The van der Waals surface area contributed by atoms with Gasteiger partial charge in [0.05, 0.1) is 0 Å². The van der Waals surface area contributed by atoms with E-state index in [2.05, 4.69) is 10.3 Å². The summed E-state index contributed by atoms with van der Waals surface area (Å²) < 4.78 is 0. The average molecular weight is 308 g/mol. The largest absolute Gasteiger partial charge is 0.505 e. The van der Waals surface area contributed by atoms with Crippen molar-refractivity contribution in [2.24, 2.45) is 0 Å². The van der Waals surface area contributed by atoms with E-state index in [9.17, 15) is 14.7 Å². The highest BCUT2D eigenvalue weighted by atomic mass is 16.4. The van der Waals surface area contributed by atoms with Gasteiger partial charge in [-0.05, 0) is 30.3 Å². The number of carbonyl (C=O) groups excluding carboxylic acids is 1. The molecule has 0 aliphatic rings. The van der Waals surface area contributed by atoms with Gasteiger partial charge < -0.3 is 15.5 Å². The minimum Gasteiger partial charge on any atom is -0.505 e. The van der Waals surface area contributed by atoms with E-state index in [0.717, 1.165) is 0 Å². The van der Waals surface area contributed by atoms with E-state index in [1.807, 2.05) is 0 Å². The maximum atomic E-state index is 12.1. The van der Waals surface area contributed by atoms with Crippen LogP contribution in [-0.2, 0) is 0 Å². The monoisotopic (exact) mass is 308 g/mol. The lowest BCUT2D eigenvalue weighted by Crippen LogP contribution is -2.12. The Kier molecular flexibility index (Phi) is 3.64. The van der Waals surface area contributed by atoms with Crippen LogP contribution in [0.25, 0.3) is 10.9 Å². The van der Waals surface area contributed by atoms with Crippen molar-refractivity contribution in [3.8, 4) is 5.75 Å². The number of hydrogen-bond acceptors (Lipinski definition) is 4. The zero-order chi connectivity index (χ0) is 16.4. The number of carboxylic acids is 1. The molecule has 0 aliphatic carbocycles. The number of anilines is 1. The molecule has 0 unspecified atom stereocenters. The molecule has 1 aromatic heterocycles. The van der Waals surface area contributed by atoms with Crippen LogP contribution >= 0.6 is 0 Å². The number of carboxylic acid groups (broad SMARTS) is 1. The molecule has 0 fully saturated rings. The summed E-state index contributed by atoms with van der Waals surface area (Å²) in [4.78, 5) is 27.3. The van der Waals surface area contributed by atoms with E-state index < -0.39 is 11.7 Å². The van der Waals surface area contributed by atoms with Crippen LogP contribution in [0.4, 0.5) is 5.82 Å². The van der Waals surface area contributed by atoms with Crippen molar-refractivity contribution >= 4 is 28.6 Å². The van der Waals surface area contributed by atoms with E-state index >= 15 is 0 Å². The zero-order valence-electron chi connectivity index (χ0n) is 11.9. The molecule has 3 rings (SSSR count). The van der Waals surface area contributed by atoms with Gasteiger partial charge in [0.2, 0.25) is 0 Å². The van der Waals surface area contributed by atoms with Crippen molar-refractivity contribution in [3.63, 3.8) is 0 Å². The summed E-state index contributed by atoms with van der Waals surface area (Å²) >= 11 is 0. The molecule has 6 nitrogen and oxygen atoms in total. The van der Waals surface area contributed by atoms with Gasteiger partial charge in [0.25, 0.3) is 5.91 Å². The quantitative estimate of drug-likeness (QED) is 0.691. The molecule has 3 N–H and O–H groups in total. The van der Waals surface area contributed by atoms with E-state index in [0.29, 0.717) is 10.9 Å². The lowest BCUT2D eigenvalue weighted by atomic mass is 10.1. The predicted molar refractivity (Wildman–Crippen MR) is 84.8 cm³/mol. The summed E-state index contributed by atoms with van der Waals surface area (Å²) in [5, 5.41) is 22.3. The zero-order valence-corrected chi connectivity index (χ0v) is 11.9. The number of nitrogens with one attached hydrogen (secondary N) is 1. The topological polar surface area (TPSA) is 99.5 Å². The summed E-state index contributed by atoms with van der Waals surface area (Å²) in [6.07, 6.45) is 0. The van der Waals surface area contributed by atoms with Crippen LogP contribution in [-0.4, -0.2) is 27.1 Å². The summed E-state index contributed by atoms with van der Waals surface area (Å²) in [7, 11) is 0. The maximum absolute atomic E-state index is 12.1. The third-order valence-electron chi connectivity index (χ3n) is 3.34. The lowest BCUT2D eigenvalue weighted by molar-refractivity contribution is 0.0693. The molecule has 0 saturated heterocycles. The second-order valence-corrected chi connectivity index (χ2v) is 4.86. The first kappa shape index (κ1) is 14.5. The highest BCUT2D eigenvalue weighted by Crippen LogP contribution is 2.28. The highest BCUT2D eigenvalue weighted by molar-refractivity contribution is 6.05. The number of nitrogens with zero attached hydrogens (tertiary/aromatic N) is 1. The first-order valence-corrected chi connectivity index (χ1v) is 6.78. The fourth-order valence-corrected chi connectivity index (χ4v) is 2.19. The Labute approximate surface area is 131 Å². The molecule has 0 radical (unpaired) electrons. The van der Waals surface area contributed by atoms with Gasteiger partial charge in [-0.1, -0.05) is 24.3 Å². The van der Waals surface area contributed by atoms with Crippen LogP contribution in [0.5, 0.6) is 5.75 Å². The fourth-order valence-electron chi connectivity index (χ4n) is 2.19. The molecule has 0 saturated carbocycles. The van der Waals surface area contributed by atoms with E-state index in [1.54, 1.807) is 48.5 Å². The first-order chi connectivity index (χ1) is 11.1. The summed E-state index contributed by atoms with van der Waals surface area (Å²) in [6.45, 7) is 0. The van der Waals surface area contributed by atoms with Gasteiger partial charge in [0.15, 0.2) is 5.75 Å². The lowest BCUT2D eigenvalue weighted by Gasteiger charge is -2.08. The maximum Gasteiger partial charge on any atom is 0.339 e. The molecule has 6 heteroatoms. The molecular weight excluding hydrogens is 296 g/mol. The van der Waals surface area contributed by atoms with Crippen LogP contribution in [0.1, 0.15) is 20.7 Å². The van der Waals surface area contributed by atoms with Crippen molar-refractivity contribution < 1.29 is 19.8 Å². The number of aromatic hydroxyl groups is 1.